The van der Waals surface area contributed by atoms with Gasteiger partial charge in [0.25, 0.3) is 0 Å². The van der Waals surface area contributed by atoms with Crippen LogP contribution >= 0.6 is 0 Å². The van der Waals surface area contributed by atoms with Gasteiger partial charge in [-0.15, -0.1) is 5.10 Å². The lowest BCUT2D eigenvalue weighted by Crippen LogP contribution is -2.14. The zero-order chi connectivity index (χ0) is 19.6. The summed E-state index contributed by atoms with van der Waals surface area (Å²) in [6.45, 7) is 0.547. The summed E-state index contributed by atoms with van der Waals surface area (Å²) in [5, 5.41) is 8.04. The number of ether oxygens (including phenoxy) is 2. The zero-order valence-electron chi connectivity index (χ0n) is 15.7. The minimum Gasteiger partial charge on any atom is -0.493 e. The van der Waals surface area contributed by atoms with Crippen molar-refractivity contribution in [2.45, 2.75) is 6.42 Å². The fraction of sp³-hybridized carbons (Fsp3) is 0.136. The van der Waals surface area contributed by atoms with Crippen LogP contribution in [0.1, 0.15) is 16.8 Å². The van der Waals surface area contributed by atoms with E-state index >= 15 is 0 Å². The summed E-state index contributed by atoms with van der Waals surface area (Å²) in [5.41, 5.74) is 8.52. The van der Waals surface area contributed by atoms with Crippen molar-refractivity contribution in [3.63, 3.8) is 0 Å². The van der Waals surface area contributed by atoms with Crippen molar-refractivity contribution in [1.82, 2.24) is 4.98 Å². The number of hydrogen-bond acceptors (Lipinski definition) is 5. The molecular weight excluding hydrogens is 352 g/mol. The molecule has 0 aliphatic heterocycles. The second kappa shape index (κ2) is 9.87. The van der Waals surface area contributed by atoms with Gasteiger partial charge >= 0.3 is 0 Å². The first kappa shape index (κ1) is 19.1. The fourth-order valence-electron chi connectivity index (χ4n) is 2.53. The third kappa shape index (κ3) is 5.41. The van der Waals surface area contributed by atoms with Gasteiger partial charge in [-0.1, -0.05) is 36.4 Å². The van der Waals surface area contributed by atoms with Crippen LogP contribution in [0.5, 0.6) is 11.5 Å². The third-order valence-corrected chi connectivity index (χ3v) is 3.98. The molecule has 2 aromatic carbocycles. The molecule has 0 aliphatic carbocycles. The molecular formula is C22H22N4O2. The Labute approximate surface area is 164 Å². The van der Waals surface area contributed by atoms with Crippen LogP contribution in [0.15, 0.2) is 83.1 Å². The van der Waals surface area contributed by atoms with Gasteiger partial charge in [-0.3, -0.25) is 4.98 Å². The van der Waals surface area contributed by atoms with E-state index in [1.54, 1.807) is 25.6 Å². The largest absolute Gasteiger partial charge is 0.493 e. The Kier molecular flexibility index (Phi) is 6.73. The van der Waals surface area contributed by atoms with Gasteiger partial charge in [0.15, 0.2) is 17.3 Å². The Balaban J connectivity index is 1.66. The van der Waals surface area contributed by atoms with Crippen molar-refractivity contribution in [3.8, 4) is 11.5 Å². The standard InChI is InChI=1S/C22H22N4O2/c1-27-20-11-10-18(16-25-26-22(23)19-9-5-6-13-24-19)15-21(20)28-14-12-17-7-3-2-4-8-17/h2-11,13,15-16H,12,14H2,1H3,(H2,23,26)/b25-16+. The number of benzene rings is 2. The van der Waals surface area contributed by atoms with Crippen LogP contribution in [-0.4, -0.2) is 30.8 Å². The fourth-order valence-corrected chi connectivity index (χ4v) is 2.53. The number of amidine groups is 1. The van der Waals surface area contributed by atoms with Crippen LogP contribution < -0.4 is 15.2 Å². The molecule has 1 heterocycles. The van der Waals surface area contributed by atoms with Crippen molar-refractivity contribution >= 4 is 12.1 Å². The Morgan fingerprint density at radius 2 is 1.86 bits per heavy atom. The molecule has 3 aromatic rings. The SMILES string of the molecule is COc1ccc(/C=N/N=C(\N)c2ccccn2)cc1OCCc1ccccc1. The molecule has 0 unspecified atom stereocenters. The monoisotopic (exact) mass is 374 g/mol. The summed E-state index contributed by atoms with van der Waals surface area (Å²) in [6, 6.07) is 21.2. The third-order valence-electron chi connectivity index (χ3n) is 3.98. The highest BCUT2D eigenvalue weighted by Gasteiger charge is 2.05. The highest BCUT2D eigenvalue weighted by Crippen LogP contribution is 2.27. The normalized spacial score (nSPS) is 11.5. The van der Waals surface area contributed by atoms with Gasteiger partial charge in [-0.25, -0.2) is 0 Å². The van der Waals surface area contributed by atoms with Crippen molar-refractivity contribution in [2.24, 2.45) is 15.9 Å². The van der Waals surface area contributed by atoms with E-state index in [4.69, 9.17) is 15.2 Å². The van der Waals surface area contributed by atoms with E-state index < -0.39 is 0 Å². The summed E-state index contributed by atoms with van der Waals surface area (Å²) < 4.78 is 11.3. The van der Waals surface area contributed by atoms with Crippen molar-refractivity contribution in [2.75, 3.05) is 13.7 Å². The van der Waals surface area contributed by atoms with Crippen LogP contribution in [0.25, 0.3) is 0 Å². The summed E-state index contributed by atoms with van der Waals surface area (Å²) in [6.07, 6.45) is 4.08. The second-order valence-corrected chi connectivity index (χ2v) is 5.94. The first-order valence-corrected chi connectivity index (χ1v) is 8.89. The van der Waals surface area contributed by atoms with Crippen LogP contribution in [0.2, 0.25) is 0 Å². The van der Waals surface area contributed by atoms with Crippen molar-refractivity contribution < 1.29 is 9.47 Å². The molecule has 6 nitrogen and oxygen atoms in total. The van der Waals surface area contributed by atoms with Crippen molar-refractivity contribution in [3.05, 3.63) is 89.7 Å². The van der Waals surface area contributed by atoms with E-state index in [0.29, 0.717) is 23.8 Å². The van der Waals surface area contributed by atoms with Crippen molar-refractivity contribution in [1.29, 1.82) is 0 Å². The van der Waals surface area contributed by atoms with Gasteiger partial charge in [0.05, 0.1) is 19.9 Å². The number of rotatable bonds is 8. The molecule has 0 fully saturated rings. The number of nitrogens with zero attached hydrogens (tertiary/aromatic N) is 3. The second-order valence-electron chi connectivity index (χ2n) is 5.94. The maximum atomic E-state index is 5.91. The number of pyridine rings is 1. The molecule has 6 heteroatoms. The first-order valence-electron chi connectivity index (χ1n) is 8.89. The molecule has 0 saturated heterocycles. The van der Waals surface area contributed by atoms with Gasteiger partial charge in [-0.2, -0.15) is 5.10 Å². The molecule has 0 atom stereocenters. The molecule has 3 rings (SSSR count). The molecule has 0 saturated carbocycles. The Bertz CT molecular complexity index is 941. The maximum absolute atomic E-state index is 5.91. The molecule has 142 valence electrons. The lowest BCUT2D eigenvalue weighted by molar-refractivity contribution is 0.297. The van der Waals surface area contributed by atoms with E-state index in [1.165, 1.54) is 5.56 Å². The van der Waals surface area contributed by atoms with Crippen LogP contribution in [0, 0.1) is 0 Å². The topological polar surface area (TPSA) is 82.1 Å². The highest BCUT2D eigenvalue weighted by atomic mass is 16.5. The lowest BCUT2D eigenvalue weighted by atomic mass is 10.2. The summed E-state index contributed by atoms with van der Waals surface area (Å²) in [5.74, 6) is 1.58. The predicted octanol–water partition coefficient (Wildman–Crippen LogP) is 3.45. The number of aromatic nitrogens is 1. The predicted molar refractivity (Wildman–Crippen MR) is 111 cm³/mol. The average Bonchev–Trinajstić information content (AvgIpc) is 2.75. The minimum atomic E-state index is 0.254. The zero-order valence-corrected chi connectivity index (χ0v) is 15.7. The van der Waals surface area contributed by atoms with E-state index in [9.17, 15) is 0 Å². The molecule has 0 spiro atoms. The van der Waals surface area contributed by atoms with E-state index in [-0.39, 0.29) is 5.84 Å². The van der Waals surface area contributed by atoms with Crippen LogP contribution in [0.3, 0.4) is 0 Å². The van der Waals surface area contributed by atoms with Crippen LogP contribution in [-0.2, 0) is 6.42 Å². The molecule has 1 aromatic heterocycles. The average molecular weight is 374 g/mol. The summed E-state index contributed by atoms with van der Waals surface area (Å²) in [7, 11) is 1.62. The molecule has 2 N–H and O–H groups in total. The first-order chi connectivity index (χ1) is 13.8. The van der Waals surface area contributed by atoms with Gasteiger partial charge < -0.3 is 15.2 Å². The van der Waals surface area contributed by atoms with Gasteiger partial charge in [-0.05, 0) is 41.5 Å². The highest BCUT2D eigenvalue weighted by molar-refractivity contribution is 5.96. The quantitative estimate of drug-likeness (QED) is 0.372. The molecule has 0 bridgehead atoms. The van der Waals surface area contributed by atoms with Gasteiger partial charge in [0, 0.05) is 12.6 Å². The number of hydrogen-bond donors (Lipinski definition) is 1. The molecule has 0 amide bonds. The minimum absolute atomic E-state index is 0.254. The smallest absolute Gasteiger partial charge is 0.171 e. The van der Waals surface area contributed by atoms with Crippen LogP contribution in [0.4, 0.5) is 0 Å². The molecule has 28 heavy (non-hydrogen) atoms. The summed E-state index contributed by atoms with van der Waals surface area (Å²) >= 11 is 0. The Morgan fingerprint density at radius 1 is 1.04 bits per heavy atom. The Hall–Kier alpha value is -3.67. The van der Waals surface area contributed by atoms with E-state index in [2.05, 4.69) is 27.3 Å². The molecule has 0 aliphatic rings. The Morgan fingerprint density at radius 3 is 2.61 bits per heavy atom. The number of methoxy groups -OCH3 is 1. The molecule has 0 radical (unpaired) electrons. The number of nitrogens with two attached hydrogens (primary N) is 1. The van der Waals surface area contributed by atoms with E-state index in [1.807, 2.05) is 48.5 Å². The van der Waals surface area contributed by atoms with E-state index in [0.717, 1.165) is 12.0 Å². The summed E-state index contributed by atoms with van der Waals surface area (Å²) in [4.78, 5) is 4.13. The lowest BCUT2D eigenvalue weighted by Gasteiger charge is -2.11. The maximum Gasteiger partial charge on any atom is 0.171 e. The van der Waals surface area contributed by atoms with Gasteiger partial charge in [0.1, 0.15) is 5.69 Å². The van der Waals surface area contributed by atoms with Gasteiger partial charge in [0.2, 0.25) is 0 Å².